The minimum absolute atomic E-state index is 0.0785. The van der Waals surface area contributed by atoms with Crippen molar-refractivity contribution >= 4 is 44.7 Å². The highest BCUT2D eigenvalue weighted by atomic mass is 35.5. The van der Waals surface area contributed by atoms with Crippen LogP contribution in [0.15, 0.2) is 36.8 Å². The van der Waals surface area contributed by atoms with Crippen molar-refractivity contribution in [2.24, 2.45) is 0 Å². The summed E-state index contributed by atoms with van der Waals surface area (Å²) in [7, 11) is 12.1. The van der Waals surface area contributed by atoms with Gasteiger partial charge in [0.15, 0.2) is 11.6 Å². The Labute approximate surface area is 198 Å². The highest BCUT2D eigenvalue weighted by Crippen LogP contribution is 2.37. The predicted octanol–water partition coefficient (Wildman–Crippen LogP) is 4.03. The van der Waals surface area contributed by atoms with E-state index < -0.39 is 17.3 Å². The second kappa shape index (κ2) is 8.96. The number of anilines is 1. The number of hydrogen-bond acceptors (Lipinski definition) is 5. The van der Waals surface area contributed by atoms with Crippen LogP contribution in [0.5, 0.6) is 5.75 Å². The van der Waals surface area contributed by atoms with Crippen LogP contribution in [-0.2, 0) is 0 Å². The van der Waals surface area contributed by atoms with Gasteiger partial charge >= 0.3 is 0 Å². The average molecular weight is 470 g/mol. The molecule has 162 valence electrons. The molecule has 2 unspecified atom stereocenters. The molecule has 0 aliphatic carbocycles. The summed E-state index contributed by atoms with van der Waals surface area (Å²) in [5, 5.41) is 6.85. The molecule has 2 atom stereocenters. The van der Waals surface area contributed by atoms with Gasteiger partial charge in [-0.3, -0.25) is 4.68 Å². The van der Waals surface area contributed by atoms with Crippen molar-refractivity contribution < 1.29 is 9.13 Å². The molecule has 3 heterocycles. The van der Waals surface area contributed by atoms with Crippen LogP contribution in [0.2, 0.25) is 10.0 Å². The fourth-order valence-electron chi connectivity index (χ4n) is 3.82. The Morgan fingerprint density at radius 2 is 2.09 bits per heavy atom. The maximum Gasteiger partial charge on any atom is 0.166 e. The van der Waals surface area contributed by atoms with Gasteiger partial charge in [-0.05, 0) is 44.5 Å². The Morgan fingerprint density at radius 1 is 1.31 bits per heavy atom. The van der Waals surface area contributed by atoms with Crippen LogP contribution in [0.25, 0.3) is 11.1 Å². The number of rotatable bonds is 5. The molecule has 6 nitrogen and oxygen atoms in total. The first-order valence-electron chi connectivity index (χ1n) is 10.1. The van der Waals surface area contributed by atoms with E-state index in [1.807, 2.05) is 10.9 Å². The van der Waals surface area contributed by atoms with E-state index >= 15 is 0 Å². The zero-order valence-corrected chi connectivity index (χ0v) is 18.9. The summed E-state index contributed by atoms with van der Waals surface area (Å²) in [5.41, 5.74) is 7.94. The van der Waals surface area contributed by atoms with Crippen LogP contribution in [0.3, 0.4) is 0 Å². The van der Waals surface area contributed by atoms with Crippen LogP contribution in [-0.4, -0.2) is 42.3 Å². The van der Waals surface area contributed by atoms with E-state index in [9.17, 15) is 4.39 Å². The summed E-state index contributed by atoms with van der Waals surface area (Å²) in [6, 6.07) is 4.47. The number of piperidine rings is 1. The largest absolute Gasteiger partial charge is 0.482 e. The van der Waals surface area contributed by atoms with Gasteiger partial charge in [-0.1, -0.05) is 28.5 Å². The number of nitrogens with zero attached hydrogens (tertiary/aromatic N) is 3. The lowest BCUT2D eigenvalue weighted by molar-refractivity contribution is 0.227. The van der Waals surface area contributed by atoms with E-state index in [0.717, 1.165) is 17.5 Å². The molecule has 1 aromatic carbocycles. The lowest BCUT2D eigenvalue weighted by Crippen LogP contribution is -2.52. The first kappa shape index (κ1) is 23.0. The third-order valence-corrected chi connectivity index (χ3v) is 6.20. The van der Waals surface area contributed by atoms with E-state index in [-0.39, 0.29) is 16.9 Å². The molecular weight excluding hydrogens is 450 g/mol. The van der Waals surface area contributed by atoms with Crippen molar-refractivity contribution in [3.05, 3.63) is 58.2 Å². The second-order valence-corrected chi connectivity index (χ2v) is 8.73. The molecule has 2 aromatic heterocycles. The molecule has 11 heteroatoms. The van der Waals surface area contributed by atoms with E-state index in [4.69, 9.17) is 49.4 Å². The Kier molecular flexibility index (Phi) is 6.43. The van der Waals surface area contributed by atoms with Gasteiger partial charge in [-0.25, -0.2) is 9.37 Å². The van der Waals surface area contributed by atoms with Crippen molar-refractivity contribution in [2.75, 3.05) is 12.3 Å². The minimum atomic E-state index is -0.922. The van der Waals surface area contributed by atoms with Gasteiger partial charge in [0, 0.05) is 34.1 Å². The van der Waals surface area contributed by atoms with Crippen molar-refractivity contribution in [1.82, 2.24) is 20.1 Å². The normalized spacial score (nSPS) is 18.9. The molecule has 3 N–H and O–H groups in total. The van der Waals surface area contributed by atoms with E-state index in [1.54, 1.807) is 25.4 Å². The molecule has 1 aliphatic heterocycles. The van der Waals surface area contributed by atoms with Crippen molar-refractivity contribution in [3.8, 4) is 16.9 Å². The van der Waals surface area contributed by atoms with Crippen molar-refractivity contribution in [3.63, 3.8) is 0 Å². The van der Waals surface area contributed by atoms with Gasteiger partial charge in [-0.2, -0.15) is 5.10 Å². The molecule has 0 bridgehead atoms. The number of ether oxygens (including phenoxy) is 1. The zero-order valence-electron chi connectivity index (χ0n) is 17.4. The molecular formula is C21H20B2Cl2FN5O. The van der Waals surface area contributed by atoms with E-state index in [1.165, 1.54) is 12.1 Å². The molecule has 0 saturated carbocycles. The van der Waals surface area contributed by atoms with Gasteiger partial charge in [0.25, 0.3) is 0 Å². The van der Waals surface area contributed by atoms with Gasteiger partial charge in [0.05, 0.1) is 33.0 Å². The molecule has 4 rings (SSSR count). The van der Waals surface area contributed by atoms with E-state index in [0.29, 0.717) is 29.3 Å². The first-order chi connectivity index (χ1) is 15.1. The summed E-state index contributed by atoms with van der Waals surface area (Å²) in [6.45, 7) is 2.41. The Morgan fingerprint density at radius 3 is 2.84 bits per heavy atom. The molecule has 0 spiro atoms. The Hall–Kier alpha value is -2.22. The smallest absolute Gasteiger partial charge is 0.166 e. The number of hydrogen-bond donors (Lipinski definition) is 2. The number of nitrogens with one attached hydrogen (secondary N) is 1. The van der Waals surface area contributed by atoms with Crippen molar-refractivity contribution in [2.45, 2.75) is 37.2 Å². The maximum atomic E-state index is 13.9. The van der Waals surface area contributed by atoms with Crippen LogP contribution >= 0.6 is 23.2 Å². The predicted molar refractivity (Wildman–Crippen MR) is 126 cm³/mol. The summed E-state index contributed by atoms with van der Waals surface area (Å²) < 4.78 is 21.7. The number of halogens is 3. The molecule has 0 amide bonds. The van der Waals surface area contributed by atoms with E-state index in [2.05, 4.69) is 15.4 Å². The molecule has 1 fully saturated rings. The monoisotopic (exact) mass is 469 g/mol. The number of nitrogens with two attached hydrogens (primary N) is 1. The number of nitrogen functional groups attached to an aromatic ring is 1. The topological polar surface area (TPSA) is 78.0 Å². The number of benzene rings is 1. The van der Waals surface area contributed by atoms with Crippen LogP contribution in [0.4, 0.5) is 10.2 Å². The molecule has 4 radical (unpaired) electrons. The lowest BCUT2D eigenvalue weighted by Gasteiger charge is -2.37. The average Bonchev–Trinajstić information content (AvgIpc) is 3.22. The zero-order chi connectivity index (χ0) is 23.0. The SMILES string of the molecule is [B]C1([B])CC(n2cc(-c3cnc(N)c(OC(C)c4c(Cl)ccc(F)c4Cl)c3)cn2)CCN1. The van der Waals surface area contributed by atoms with Gasteiger partial charge in [0.2, 0.25) is 0 Å². The van der Waals surface area contributed by atoms with Crippen LogP contribution in [0.1, 0.15) is 37.5 Å². The molecule has 1 saturated heterocycles. The maximum absolute atomic E-state index is 13.9. The van der Waals surface area contributed by atoms with Crippen LogP contribution < -0.4 is 15.8 Å². The van der Waals surface area contributed by atoms with Gasteiger partial charge in [-0.15, -0.1) is 0 Å². The fourth-order valence-corrected chi connectivity index (χ4v) is 4.50. The molecule has 32 heavy (non-hydrogen) atoms. The summed E-state index contributed by atoms with van der Waals surface area (Å²) in [4.78, 5) is 4.24. The minimum Gasteiger partial charge on any atom is -0.482 e. The van der Waals surface area contributed by atoms with Gasteiger partial charge < -0.3 is 15.8 Å². The highest BCUT2D eigenvalue weighted by molar-refractivity contribution is 6.40. The number of pyridine rings is 1. The van der Waals surface area contributed by atoms with Crippen LogP contribution in [0, 0.1) is 5.82 Å². The second-order valence-electron chi connectivity index (χ2n) is 7.95. The number of aromatic nitrogens is 3. The summed E-state index contributed by atoms with van der Waals surface area (Å²) >= 11 is 12.3. The molecule has 3 aromatic rings. The quantitative estimate of drug-likeness (QED) is 0.436. The summed E-state index contributed by atoms with van der Waals surface area (Å²) in [5.74, 6) is -0.0688. The third-order valence-electron chi connectivity index (χ3n) is 5.49. The standard InChI is InChI=1S/C21H20B2Cl2FN5O/c1-11(18-15(24)2-3-16(26)19(18)25)32-17-6-12(8-28-20(17)27)13-9-30-31(10-13)14-4-5-29-21(22,23)7-14/h2-3,6,8-11,14,29H,4-5,7H2,1H3,(H2,27,28). The molecule has 1 aliphatic rings. The summed E-state index contributed by atoms with van der Waals surface area (Å²) in [6.07, 6.45) is 6.02. The third kappa shape index (κ3) is 4.75. The lowest BCUT2D eigenvalue weighted by atomic mass is 9.57. The first-order valence-corrected chi connectivity index (χ1v) is 10.8. The van der Waals surface area contributed by atoms with Gasteiger partial charge in [0.1, 0.15) is 11.9 Å². The van der Waals surface area contributed by atoms with Crippen molar-refractivity contribution in [1.29, 1.82) is 0 Å². The Balaban J connectivity index is 1.58. The fraction of sp³-hybridized carbons (Fsp3) is 0.333. The Bertz CT molecular complexity index is 1140. The highest BCUT2D eigenvalue weighted by Gasteiger charge is 2.28.